The van der Waals surface area contributed by atoms with E-state index in [-0.39, 0.29) is 17.6 Å². The molecule has 0 radical (unpaired) electrons. The molecule has 1 heterocycles. The van der Waals surface area contributed by atoms with Crippen molar-refractivity contribution < 1.29 is 22.4 Å². The summed E-state index contributed by atoms with van der Waals surface area (Å²) in [5.41, 5.74) is 1.08. The van der Waals surface area contributed by atoms with E-state index < -0.39 is 27.9 Å². The number of Topliss-reactive ketones (excluding diaryl/α,β-unsaturated/α-hetero) is 1. The summed E-state index contributed by atoms with van der Waals surface area (Å²) in [6.07, 6.45) is 7.35. The monoisotopic (exact) mass is 476 g/mol. The molecule has 2 aromatic rings. The molecule has 1 amide bonds. The summed E-state index contributed by atoms with van der Waals surface area (Å²) in [7, 11) is -3.60. The van der Waals surface area contributed by atoms with E-state index in [9.17, 15) is 18.0 Å². The van der Waals surface area contributed by atoms with Gasteiger partial charge < -0.3 is 15.1 Å². The summed E-state index contributed by atoms with van der Waals surface area (Å²) in [4.78, 5) is 30.5. The van der Waals surface area contributed by atoms with Crippen molar-refractivity contribution in [1.82, 2.24) is 15.6 Å². The number of amidine groups is 1. The zero-order valence-corrected chi connectivity index (χ0v) is 20.2. The molecule has 0 spiro atoms. The summed E-state index contributed by atoms with van der Waals surface area (Å²) in [6, 6.07) is 5.57. The van der Waals surface area contributed by atoms with E-state index in [1.54, 1.807) is 31.2 Å². The smallest absolute Gasteiger partial charge is 0.266 e. The van der Waals surface area contributed by atoms with Gasteiger partial charge in [0.05, 0.1) is 12.3 Å². The van der Waals surface area contributed by atoms with Gasteiger partial charge in [0.1, 0.15) is 17.4 Å². The number of carbonyl (C=O) groups excluding carboxylic acids is 2. The van der Waals surface area contributed by atoms with Crippen molar-refractivity contribution in [1.29, 1.82) is 0 Å². The molecule has 0 bridgehead atoms. The molecule has 1 fully saturated rings. The first-order valence-electron chi connectivity index (χ1n) is 11.4. The van der Waals surface area contributed by atoms with E-state index >= 15 is 0 Å². The van der Waals surface area contributed by atoms with Crippen molar-refractivity contribution in [2.24, 2.45) is 10.3 Å². The Bertz CT molecular complexity index is 1090. The quantitative estimate of drug-likeness (QED) is 0.323. The highest BCUT2D eigenvalue weighted by Gasteiger charge is 2.30. The molecule has 10 heteroatoms. The number of nitrogens with zero attached hydrogens (tertiary/aromatic N) is 2. The number of rotatable bonds is 9. The minimum absolute atomic E-state index is 0.0463. The predicted molar refractivity (Wildman–Crippen MR) is 127 cm³/mol. The zero-order chi connectivity index (χ0) is 24.0. The van der Waals surface area contributed by atoms with Crippen LogP contribution >= 0.6 is 0 Å². The number of hydrogen-bond donors (Lipinski definition) is 2. The second-order valence-electron chi connectivity index (χ2n) is 8.67. The Morgan fingerprint density at radius 3 is 2.48 bits per heavy atom. The lowest BCUT2D eigenvalue weighted by Crippen LogP contribution is -2.52. The Labute approximate surface area is 194 Å². The van der Waals surface area contributed by atoms with E-state index in [2.05, 4.69) is 20.0 Å². The molecule has 2 atom stereocenters. The molecule has 33 heavy (non-hydrogen) atoms. The Balaban J connectivity index is 1.76. The van der Waals surface area contributed by atoms with E-state index in [1.807, 2.05) is 0 Å². The summed E-state index contributed by atoms with van der Waals surface area (Å²) in [6.45, 7) is 3.31. The maximum Gasteiger partial charge on any atom is 0.266 e. The molecule has 0 aliphatic heterocycles. The first-order chi connectivity index (χ1) is 15.7. The fraction of sp³-hybridized carbons (Fsp3) is 0.565. The fourth-order valence-corrected chi connectivity index (χ4v) is 4.82. The van der Waals surface area contributed by atoms with Crippen LogP contribution in [-0.2, 0) is 14.8 Å². The molecule has 3 rings (SSSR count). The number of sulfonamides is 1. The van der Waals surface area contributed by atoms with E-state index in [0.717, 1.165) is 31.9 Å². The number of ketones is 1. The third-order valence-electron chi connectivity index (χ3n) is 5.84. The highest BCUT2D eigenvalue weighted by molar-refractivity contribution is 7.89. The number of aromatic nitrogens is 1. The highest BCUT2D eigenvalue weighted by atomic mass is 32.2. The molecule has 1 saturated carbocycles. The molecule has 180 valence electrons. The van der Waals surface area contributed by atoms with Gasteiger partial charge in [-0.25, -0.2) is 13.4 Å². The Morgan fingerprint density at radius 1 is 1.15 bits per heavy atom. The first kappa shape index (κ1) is 24.9. The van der Waals surface area contributed by atoms with Crippen molar-refractivity contribution in [2.75, 3.05) is 6.26 Å². The van der Waals surface area contributed by atoms with Gasteiger partial charge in [0.2, 0.25) is 11.7 Å². The van der Waals surface area contributed by atoms with Gasteiger partial charge in [-0.15, -0.1) is 0 Å². The van der Waals surface area contributed by atoms with Gasteiger partial charge in [-0.1, -0.05) is 51.2 Å². The zero-order valence-electron chi connectivity index (χ0n) is 19.3. The average Bonchev–Trinajstić information content (AvgIpc) is 3.20. The summed E-state index contributed by atoms with van der Waals surface area (Å²) in [5, 5.41) is 5.77. The van der Waals surface area contributed by atoms with Crippen LogP contribution in [-0.4, -0.2) is 49.3 Å². The van der Waals surface area contributed by atoms with E-state index in [4.69, 9.17) is 4.42 Å². The molecule has 0 saturated heterocycles. The van der Waals surface area contributed by atoms with Crippen LogP contribution in [0, 0.1) is 5.92 Å². The predicted octanol–water partition coefficient (Wildman–Crippen LogP) is 3.21. The third-order valence-corrected chi connectivity index (χ3v) is 6.45. The first-order valence-corrected chi connectivity index (χ1v) is 13.2. The molecule has 1 aromatic carbocycles. The molecule has 1 unspecified atom stereocenters. The molecule has 1 aromatic heterocycles. The summed E-state index contributed by atoms with van der Waals surface area (Å²) >= 11 is 0. The van der Waals surface area contributed by atoms with Crippen LogP contribution in [0.2, 0.25) is 0 Å². The molecule has 1 aliphatic carbocycles. The molecular weight excluding hydrogens is 444 g/mol. The number of oxazole rings is 1. The number of nitrogens with one attached hydrogen (secondary N) is 2. The van der Waals surface area contributed by atoms with E-state index in [1.165, 1.54) is 13.3 Å². The molecule has 1 aliphatic rings. The number of amides is 1. The molecular formula is C23H32N4O5S. The van der Waals surface area contributed by atoms with E-state index in [0.29, 0.717) is 29.9 Å². The standard InChI is InChI=1S/C23H32N4O5S/c1-4-17(21(28)23-26-18-12-8-9-13-20(18)32-23)25-22(29)19(14-16-10-6-5-7-11-16)24-15(2)27-33(3,30)31/h8-9,12-13,16-17,19H,4-7,10-11,14H2,1-3H3,(H,24,27)(H,25,29)/t17-,19?/m0/s1. The number of benzene rings is 1. The van der Waals surface area contributed by atoms with Crippen molar-refractivity contribution in [3.8, 4) is 0 Å². The molecule has 9 nitrogen and oxygen atoms in total. The maximum atomic E-state index is 13.2. The lowest BCUT2D eigenvalue weighted by molar-refractivity contribution is -0.123. The van der Waals surface area contributed by atoms with Crippen LogP contribution < -0.4 is 10.6 Å². The van der Waals surface area contributed by atoms with Crippen molar-refractivity contribution in [2.45, 2.75) is 70.9 Å². The fourth-order valence-electron chi connectivity index (χ4n) is 4.27. The number of carbonyl (C=O) groups is 2. The lowest BCUT2D eigenvalue weighted by Gasteiger charge is -2.28. The SMILES string of the molecule is CC[C@H](NC(=O)C(CC1CCCCC1)NC(C)=NS(C)(=O)=O)C(=O)c1nc2ccccc2o1. The summed E-state index contributed by atoms with van der Waals surface area (Å²) in [5.74, 6) is -0.331. The topological polar surface area (TPSA) is 131 Å². The van der Waals surface area contributed by atoms with Crippen LogP contribution in [0.5, 0.6) is 0 Å². The Morgan fingerprint density at radius 2 is 1.85 bits per heavy atom. The van der Waals surface area contributed by atoms with Crippen molar-refractivity contribution in [3.63, 3.8) is 0 Å². The van der Waals surface area contributed by atoms with Crippen LogP contribution in [0.25, 0.3) is 11.1 Å². The summed E-state index contributed by atoms with van der Waals surface area (Å²) < 4.78 is 32.3. The van der Waals surface area contributed by atoms with Crippen LogP contribution in [0.4, 0.5) is 0 Å². The van der Waals surface area contributed by atoms with Gasteiger partial charge >= 0.3 is 0 Å². The second kappa shape index (κ2) is 10.9. The Kier molecular flexibility index (Phi) is 8.23. The number of fused-ring (bicyclic) bond motifs is 1. The van der Waals surface area contributed by atoms with Gasteiger partial charge in [0.15, 0.2) is 5.58 Å². The van der Waals surface area contributed by atoms with Crippen LogP contribution in [0.15, 0.2) is 33.1 Å². The minimum Gasteiger partial charge on any atom is -0.434 e. The average molecular weight is 477 g/mol. The Hall–Kier alpha value is -2.75. The largest absolute Gasteiger partial charge is 0.434 e. The van der Waals surface area contributed by atoms with Crippen LogP contribution in [0.3, 0.4) is 0 Å². The van der Waals surface area contributed by atoms with Crippen LogP contribution in [0.1, 0.15) is 69.5 Å². The third kappa shape index (κ3) is 7.12. The maximum absolute atomic E-state index is 13.2. The van der Waals surface area contributed by atoms with Gasteiger partial charge in [-0.3, -0.25) is 9.59 Å². The van der Waals surface area contributed by atoms with Gasteiger partial charge in [0.25, 0.3) is 15.9 Å². The second-order valence-corrected chi connectivity index (χ2v) is 10.3. The highest BCUT2D eigenvalue weighted by Crippen LogP contribution is 2.27. The minimum atomic E-state index is -3.60. The lowest BCUT2D eigenvalue weighted by atomic mass is 9.84. The molecule has 2 N–H and O–H groups in total. The van der Waals surface area contributed by atoms with Gasteiger partial charge in [-0.05, 0) is 37.8 Å². The van der Waals surface area contributed by atoms with Gasteiger partial charge in [0, 0.05) is 0 Å². The normalized spacial score (nSPS) is 17.5. The number of hydrogen-bond acceptors (Lipinski definition) is 6. The number of para-hydroxylation sites is 2. The van der Waals surface area contributed by atoms with Crippen molar-refractivity contribution >= 4 is 38.6 Å². The van der Waals surface area contributed by atoms with Crippen molar-refractivity contribution in [3.05, 3.63) is 30.2 Å². The van der Waals surface area contributed by atoms with Gasteiger partial charge in [-0.2, -0.15) is 4.40 Å².